The first-order chi connectivity index (χ1) is 8.81. The van der Waals surface area contributed by atoms with Crippen molar-refractivity contribution in [2.45, 2.75) is 13.8 Å². The van der Waals surface area contributed by atoms with Gasteiger partial charge in [0.2, 0.25) is 0 Å². The van der Waals surface area contributed by atoms with Gasteiger partial charge in [-0.25, -0.2) is 0 Å². The number of para-hydroxylation sites is 1. The average Bonchev–Trinajstić information content (AvgIpc) is 2.42. The van der Waals surface area contributed by atoms with Gasteiger partial charge in [-0.2, -0.15) is 0 Å². The lowest BCUT2D eigenvalue weighted by Crippen LogP contribution is -2.28. The summed E-state index contributed by atoms with van der Waals surface area (Å²) in [5, 5.41) is 0. The summed E-state index contributed by atoms with van der Waals surface area (Å²) < 4.78 is 5.78. The first kappa shape index (κ1) is 14.9. The minimum Gasteiger partial charge on any atom is -0.491 e. The van der Waals surface area contributed by atoms with Gasteiger partial charge in [0, 0.05) is 6.54 Å². The molecule has 0 bridgehead atoms. The summed E-state index contributed by atoms with van der Waals surface area (Å²) in [7, 11) is 0. The van der Waals surface area contributed by atoms with Crippen LogP contribution in [0.2, 0.25) is 0 Å². The standard InChI is InChI=1S/C15H20ClNO/c1-3-17(4-2)12-13-18-15-10-6-5-8-14(15)9-7-11-16/h5-6,8,10H,3-4,11-13H2,1-2H3. The number of rotatable bonds is 6. The van der Waals surface area contributed by atoms with Gasteiger partial charge >= 0.3 is 0 Å². The SMILES string of the molecule is CCN(CC)CCOc1ccccc1C#CCCl. The molecule has 0 amide bonds. The molecule has 3 heteroatoms. The summed E-state index contributed by atoms with van der Waals surface area (Å²) in [4.78, 5) is 2.33. The maximum absolute atomic E-state index is 5.78. The molecule has 1 aromatic carbocycles. The lowest BCUT2D eigenvalue weighted by Gasteiger charge is -2.18. The molecular weight excluding hydrogens is 246 g/mol. The fourth-order valence-electron chi connectivity index (χ4n) is 1.65. The van der Waals surface area contributed by atoms with Crippen LogP contribution in [0.25, 0.3) is 0 Å². The molecule has 0 saturated carbocycles. The Morgan fingerprint density at radius 2 is 1.94 bits per heavy atom. The van der Waals surface area contributed by atoms with Gasteiger partial charge in [0.25, 0.3) is 0 Å². The molecule has 0 aromatic heterocycles. The number of hydrogen-bond acceptors (Lipinski definition) is 2. The van der Waals surface area contributed by atoms with Gasteiger partial charge in [-0.3, -0.25) is 0 Å². The minimum atomic E-state index is 0.341. The van der Waals surface area contributed by atoms with Crippen molar-refractivity contribution >= 4 is 11.6 Å². The third-order valence-electron chi connectivity index (χ3n) is 2.74. The third-order valence-corrected chi connectivity index (χ3v) is 2.87. The number of ether oxygens (including phenoxy) is 1. The summed E-state index contributed by atoms with van der Waals surface area (Å²) in [6.07, 6.45) is 0. The molecule has 0 fully saturated rings. The van der Waals surface area contributed by atoms with Crippen molar-refractivity contribution in [1.29, 1.82) is 0 Å². The second kappa shape index (κ2) is 8.85. The first-order valence-electron chi connectivity index (χ1n) is 6.30. The highest BCUT2D eigenvalue weighted by Crippen LogP contribution is 2.16. The Morgan fingerprint density at radius 3 is 2.61 bits per heavy atom. The van der Waals surface area contributed by atoms with Crippen LogP contribution in [0.5, 0.6) is 5.75 Å². The van der Waals surface area contributed by atoms with Gasteiger partial charge in [-0.1, -0.05) is 37.8 Å². The Bertz CT molecular complexity index is 404. The second-order valence-corrected chi connectivity index (χ2v) is 4.07. The van der Waals surface area contributed by atoms with Crippen LogP contribution in [-0.4, -0.2) is 37.0 Å². The summed E-state index contributed by atoms with van der Waals surface area (Å²) in [6, 6.07) is 7.81. The summed E-state index contributed by atoms with van der Waals surface area (Å²) >= 11 is 5.57. The monoisotopic (exact) mass is 265 g/mol. The van der Waals surface area contributed by atoms with E-state index in [1.165, 1.54) is 0 Å². The van der Waals surface area contributed by atoms with Crippen molar-refractivity contribution in [2.75, 3.05) is 32.1 Å². The number of likely N-dealkylation sites (N-methyl/N-ethyl adjacent to an activating group) is 1. The van der Waals surface area contributed by atoms with Crippen molar-refractivity contribution < 1.29 is 4.74 Å². The van der Waals surface area contributed by atoms with Gasteiger partial charge in [0.05, 0.1) is 11.4 Å². The zero-order valence-corrected chi connectivity index (χ0v) is 11.8. The maximum atomic E-state index is 5.78. The zero-order valence-electron chi connectivity index (χ0n) is 11.1. The number of hydrogen-bond donors (Lipinski definition) is 0. The highest BCUT2D eigenvalue weighted by Gasteiger charge is 2.02. The van der Waals surface area contributed by atoms with Crippen molar-refractivity contribution in [1.82, 2.24) is 4.90 Å². The van der Waals surface area contributed by atoms with E-state index in [2.05, 4.69) is 30.6 Å². The van der Waals surface area contributed by atoms with Gasteiger partial charge < -0.3 is 9.64 Å². The van der Waals surface area contributed by atoms with E-state index in [0.29, 0.717) is 12.5 Å². The number of benzene rings is 1. The van der Waals surface area contributed by atoms with E-state index in [1.807, 2.05) is 24.3 Å². The number of alkyl halides is 1. The van der Waals surface area contributed by atoms with Crippen LogP contribution < -0.4 is 4.74 Å². The van der Waals surface area contributed by atoms with E-state index in [9.17, 15) is 0 Å². The Kier molecular flexibility index (Phi) is 7.32. The van der Waals surface area contributed by atoms with E-state index in [1.54, 1.807) is 0 Å². The van der Waals surface area contributed by atoms with Crippen LogP contribution in [-0.2, 0) is 0 Å². The number of halogens is 1. The molecule has 18 heavy (non-hydrogen) atoms. The van der Waals surface area contributed by atoms with Gasteiger partial charge in [0.15, 0.2) is 0 Å². The Morgan fingerprint density at radius 1 is 1.22 bits per heavy atom. The molecule has 1 rings (SSSR count). The molecule has 0 heterocycles. The van der Waals surface area contributed by atoms with Crippen molar-refractivity contribution in [3.05, 3.63) is 29.8 Å². The van der Waals surface area contributed by atoms with Crippen molar-refractivity contribution in [3.63, 3.8) is 0 Å². The molecule has 1 aromatic rings. The van der Waals surface area contributed by atoms with Crippen LogP contribution in [0.15, 0.2) is 24.3 Å². The van der Waals surface area contributed by atoms with Gasteiger partial charge in [-0.05, 0) is 25.2 Å². The molecule has 0 saturated heterocycles. The quantitative estimate of drug-likeness (QED) is 0.579. The van der Waals surface area contributed by atoms with E-state index >= 15 is 0 Å². The molecular formula is C15H20ClNO. The smallest absolute Gasteiger partial charge is 0.134 e. The Balaban J connectivity index is 2.56. The average molecular weight is 266 g/mol. The fourth-order valence-corrected chi connectivity index (χ4v) is 1.72. The van der Waals surface area contributed by atoms with Gasteiger partial charge in [-0.15, -0.1) is 11.6 Å². The van der Waals surface area contributed by atoms with Crippen LogP contribution >= 0.6 is 11.6 Å². The summed E-state index contributed by atoms with van der Waals surface area (Å²) in [5.74, 6) is 7.04. The molecule has 0 spiro atoms. The van der Waals surface area contributed by atoms with Crippen LogP contribution in [0.4, 0.5) is 0 Å². The largest absolute Gasteiger partial charge is 0.491 e. The molecule has 0 N–H and O–H groups in total. The Labute approximate surface area is 115 Å². The molecule has 0 unspecified atom stereocenters. The van der Waals surface area contributed by atoms with Gasteiger partial charge in [0.1, 0.15) is 12.4 Å². The molecule has 0 aliphatic rings. The zero-order chi connectivity index (χ0) is 13.2. The molecule has 2 nitrogen and oxygen atoms in total. The van der Waals surface area contributed by atoms with Crippen LogP contribution in [0.1, 0.15) is 19.4 Å². The second-order valence-electron chi connectivity index (χ2n) is 3.81. The van der Waals surface area contributed by atoms with Crippen molar-refractivity contribution in [3.8, 4) is 17.6 Å². The molecule has 0 aliphatic carbocycles. The molecule has 98 valence electrons. The van der Waals surface area contributed by atoms with E-state index in [4.69, 9.17) is 16.3 Å². The lowest BCUT2D eigenvalue weighted by atomic mass is 10.2. The highest BCUT2D eigenvalue weighted by molar-refractivity contribution is 6.19. The number of nitrogens with zero attached hydrogens (tertiary/aromatic N) is 1. The lowest BCUT2D eigenvalue weighted by molar-refractivity contribution is 0.222. The van der Waals surface area contributed by atoms with E-state index in [-0.39, 0.29) is 0 Å². The molecule has 0 radical (unpaired) electrons. The Hall–Kier alpha value is -1.17. The fraction of sp³-hybridized carbons (Fsp3) is 0.467. The third kappa shape index (κ3) is 5.00. The van der Waals surface area contributed by atoms with Crippen LogP contribution in [0.3, 0.4) is 0 Å². The molecule has 0 atom stereocenters. The molecule has 0 aliphatic heterocycles. The maximum Gasteiger partial charge on any atom is 0.134 e. The predicted octanol–water partition coefficient (Wildman–Crippen LogP) is 3.00. The van der Waals surface area contributed by atoms with E-state index < -0.39 is 0 Å². The summed E-state index contributed by atoms with van der Waals surface area (Å²) in [5.41, 5.74) is 0.901. The normalized spacial score (nSPS) is 10.0. The predicted molar refractivity (Wildman–Crippen MR) is 77.3 cm³/mol. The highest BCUT2D eigenvalue weighted by atomic mass is 35.5. The topological polar surface area (TPSA) is 12.5 Å². The van der Waals surface area contributed by atoms with E-state index in [0.717, 1.165) is 30.9 Å². The van der Waals surface area contributed by atoms with Crippen LogP contribution in [0, 0.1) is 11.8 Å². The minimum absolute atomic E-state index is 0.341. The summed E-state index contributed by atoms with van der Waals surface area (Å²) in [6.45, 7) is 8.03. The first-order valence-corrected chi connectivity index (χ1v) is 6.84. The van der Waals surface area contributed by atoms with Crippen molar-refractivity contribution in [2.24, 2.45) is 0 Å².